The molecule has 1 unspecified atom stereocenters. The summed E-state index contributed by atoms with van der Waals surface area (Å²) < 4.78 is 0.510. The van der Waals surface area contributed by atoms with E-state index in [4.69, 9.17) is 12.2 Å². The SMILES string of the molecule is O=C1C(CNc2ccccc2)SC(=S)N1c1cccc(O)c1. The van der Waals surface area contributed by atoms with E-state index in [2.05, 4.69) is 5.32 Å². The Morgan fingerprint density at radius 2 is 1.95 bits per heavy atom. The van der Waals surface area contributed by atoms with Crippen molar-refractivity contribution in [3.8, 4) is 5.75 Å². The number of phenolic OH excluding ortho intramolecular Hbond substituents is 1. The van der Waals surface area contributed by atoms with Crippen LogP contribution in [0.3, 0.4) is 0 Å². The second-order valence-corrected chi connectivity index (χ2v) is 6.65. The Balaban J connectivity index is 1.71. The molecule has 1 atom stereocenters. The van der Waals surface area contributed by atoms with E-state index in [-0.39, 0.29) is 16.9 Å². The normalized spacial score (nSPS) is 17.8. The maximum atomic E-state index is 12.5. The van der Waals surface area contributed by atoms with Gasteiger partial charge in [0, 0.05) is 18.3 Å². The lowest BCUT2D eigenvalue weighted by Gasteiger charge is -2.16. The highest BCUT2D eigenvalue weighted by Crippen LogP contribution is 2.33. The van der Waals surface area contributed by atoms with Crippen LogP contribution >= 0.6 is 24.0 Å². The van der Waals surface area contributed by atoms with Crippen molar-refractivity contribution in [2.45, 2.75) is 5.25 Å². The molecule has 6 heteroatoms. The van der Waals surface area contributed by atoms with Crippen LogP contribution in [0.4, 0.5) is 11.4 Å². The van der Waals surface area contributed by atoms with E-state index in [1.165, 1.54) is 22.7 Å². The maximum Gasteiger partial charge on any atom is 0.247 e. The van der Waals surface area contributed by atoms with Crippen molar-refractivity contribution in [1.29, 1.82) is 0 Å². The summed E-state index contributed by atoms with van der Waals surface area (Å²) in [5.41, 5.74) is 1.57. The third kappa shape index (κ3) is 3.08. The molecule has 0 aliphatic carbocycles. The van der Waals surface area contributed by atoms with Crippen LogP contribution in [0.25, 0.3) is 0 Å². The van der Waals surface area contributed by atoms with Gasteiger partial charge in [-0.25, -0.2) is 0 Å². The molecule has 0 saturated carbocycles. The van der Waals surface area contributed by atoms with Crippen molar-refractivity contribution in [1.82, 2.24) is 0 Å². The molecule has 0 bridgehead atoms. The third-order valence-corrected chi connectivity index (χ3v) is 4.78. The smallest absolute Gasteiger partial charge is 0.247 e. The van der Waals surface area contributed by atoms with Crippen LogP contribution in [-0.2, 0) is 4.79 Å². The van der Waals surface area contributed by atoms with E-state index >= 15 is 0 Å². The van der Waals surface area contributed by atoms with Crippen LogP contribution in [0.15, 0.2) is 54.6 Å². The molecule has 1 fully saturated rings. The molecule has 3 rings (SSSR count). The summed E-state index contributed by atoms with van der Waals surface area (Å²) in [5.74, 6) is 0.0491. The van der Waals surface area contributed by atoms with E-state index in [0.717, 1.165) is 5.69 Å². The standard InChI is InChI=1S/C16H14N2O2S2/c19-13-8-4-7-12(9-13)18-15(20)14(22-16(18)21)10-17-11-5-2-1-3-6-11/h1-9,14,17,19H,10H2. The predicted molar refractivity (Wildman–Crippen MR) is 94.5 cm³/mol. The highest BCUT2D eigenvalue weighted by Gasteiger charge is 2.37. The van der Waals surface area contributed by atoms with Gasteiger partial charge in [-0.15, -0.1) is 0 Å². The highest BCUT2D eigenvalue weighted by molar-refractivity contribution is 8.25. The molecular weight excluding hydrogens is 316 g/mol. The zero-order valence-electron chi connectivity index (χ0n) is 11.6. The van der Waals surface area contributed by atoms with Gasteiger partial charge in [-0.1, -0.05) is 48.2 Å². The number of phenols is 1. The molecule has 1 amide bonds. The van der Waals surface area contributed by atoms with Gasteiger partial charge in [0.25, 0.3) is 0 Å². The minimum absolute atomic E-state index is 0.0657. The Morgan fingerprint density at radius 1 is 1.18 bits per heavy atom. The van der Waals surface area contributed by atoms with Crippen LogP contribution in [0.1, 0.15) is 0 Å². The fourth-order valence-electron chi connectivity index (χ4n) is 2.22. The number of thioether (sulfide) groups is 1. The first-order valence-corrected chi connectivity index (χ1v) is 8.06. The predicted octanol–water partition coefficient (Wildman–Crippen LogP) is 3.24. The number of hydrogen-bond donors (Lipinski definition) is 2. The summed E-state index contributed by atoms with van der Waals surface area (Å²) in [6.07, 6.45) is 0. The summed E-state index contributed by atoms with van der Waals surface area (Å²) in [6, 6.07) is 16.3. The van der Waals surface area contributed by atoms with Crippen molar-refractivity contribution < 1.29 is 9.90 Å². The third-order valence-electron chi connectivity index (χ3n) is 3.27. The summed E-state index contributed by atoms with van der Waals surface area (Å²) >= 11 is 6.67. The summed E-state index contributed by atoms with van der Waals surface area (Å²) in [7, 11) is 0. The number of carbonyl (C=O) groups is 1. The number of para-hydroxylation sites is 1. The largest absolute Gasteiger partial charge is 0.508 e. The number of amides is 1. The maximum absolute atomic E-state index is 12.5. The van der Waals surface area contributed by atoms with Gasteiger partial charge in [0.2, 0.25) is 5.91 Å². The van der Waals surface area contributed by atoms with Gasteiger partial charge in [0.1, 0.15) is 15.3 Å². The lowest BCUT2D eigenvalue weighted by Crippen LogP contribution is -2.33. The number of rotatable bonds is 4. The van der Waals surface area contributed by atoms with E-state index in [1.54, 1.807) is 18.2 Å². The first-order valence-electron chi connectivity index (χ1n) is 6.78. The Morgan fingerprint density at radius 3 is 2.68 bits per heavy atom. The fraction of sp³-hybridized carbons (Fsp3) is 0.125. The molecule has 0 spiro atoms. The first-order chi connectivity index (χ1) is 10.6. The molecule has 2 N–H and O–H groups in total. The Bertz CT molecular complexity index is 706. The van der Waals surface area contributed by atoms with Gasteiger partial charge in [0.15, 0.2) is 0 Å². The number of carbonyl (C=O) groups excluding carboxylic acids is 1. The minimum atomic E-state index is -0.268. The Hall–Kier alpha value is -2.05. The minimum Gasteiger partial charge on any atom is -0.508 e. The number of hydrogen-bond acceptors (Lipinski definition) is 5. The van der Waals surface area contributed by atoms with Gasteiger partial charge in [0.05, 0.1) is 5.69 Å². The lowest BCUT2D eigenvalue weighted by atomic mass is 10.2. The quantitative estimate of drug-likeness (QED) is 0.843. The molecule has 0 radical (unpaired) electrons. The molecule has 1 saturated heterocycles. The van der Waals surface area contributed by atoms with E-state index in [9.17, 15) is 9.90 Å². The molecule has 2 aromatic carbocycles. The zero-order chi connectivity index (χ0) is 15.5. The van der Waals surface area contributed by atoms with E-state index in [1.807, 2.05) is 30.3 Å². The number of nitrogens with zero attached hydrogens (tertiary/aromatic N) is 1. The number of nitrogens with one attached hydrogen (secondary N) is 1. The number of aromatic hydroxyl groups is 1. The van der Waals surface area contributed by atoms with Gasteiger partial charge < -0.3 is 10.4 Å². The second kappa shape index (κ2) is 6.37. The lowest BCUT2D eigenvalue weighted by molar-refractivity contribution is -0.116. The van der Waals surface area contributed by atoms with Crippen LogP contribution < -0.4 is 10.2 Å². The summed E-state index contributed by atoms with van der Waals surface area (Å²) in [4.78, 5) is 14.0. The molecule has 1 heterocycles. The van der Waals surface area contributed by atoms with Gasteiger partial charge in [-0.3, -0.25) is 9.69 Å². The highest BCUT2D eigenvalue weighted by atomic mass is 32.2. The van der Waals surface area contributed by atoms with Crippen molar-refractivity contribution in [2.75, 3.05) is 16.8 Å². The average molecular weight is 330 g/mol. The molecule has 1 aliphatic rings. The van der Waals surface area contributed by atoms with Crippen molar-refractivity contribution >= 4 is 45.6 Å². The first kappa shape index (κ1) is 14.9. The number of anilines is 2. The molecule has 2 aromatic rings. The summed E-state index contributed by atoms with van der Waals surface area (Å²) in [6.45, 7) is 0.503. The molecule has 1 aliphatic heterocycles. The van der Waals surface area contributed by atoms with Crippen molar-refractivity contribution in [3.63, 3.8) is 0 Å². The Labute approximate surface area is 138 Å². The molecule has 4 nitrogen and oxygen atoms in total. The topological polar surface area (TPSA) is 52.6 Å². The molecule has 0 aromatic heterocycles. The summed E-state index contributed by atoms with van der Waals surface area (Å²) in [5, 5.41) is 12.5. The van der Waals surface area contributed by atoms with Crippen LogP contribution in [0.5, 0.6) is 5.75 Å². The fourth-order valence-corrected chi connectivity index (χ4v) is 3.68. The van der Waals surface area contributed by atoms with Crippen LogP contribution in [0, 0.1) is 0 Å². The van der Waals surface area contributed by atoms with Crippen molar-refractivity contribution in [3.05, 3.63) is 54.6 Å². The van der Waals surface area contributed by atoms with Gasteiger partial charge in [-0.05, 0) is 24.3 Å². The average Bonchev–Trinajstić information content (AvgIpc) is 2.80. The van der Waals surface area contributed by atoms with E-state index < -0.39 is 0 Å². The van der Waals surface area contributed by atoms with Gasteiger partial charge >= 0.3 is 0 Å². The Kier molecular flexibility index (Phi) is 4.31. The molecular formula is C16H14N2O2S2. The van der Waals surface area contributed by atoms with Crippen LogP contribution in [-0.4, -0.2) is 27.1 Å². The molecule has 112 valence electrons. The number of benzene rings is 2. The van der Waals surface area contributed by atoms with E-state index in [0.29, 0.717) is 16.6 Å². The monoisotopic (exact) mass is 330 g/mol. The zero-order valence-corrected chi connectivity index (χ0v) is 13.2. The van der Waals surface area contributed by atoms with Gasteiger partial charge in [-0.2, -0.15) is 0 Å². The van der Waals surface area contributed by atoms with Crippen molar-refractivity contribution in [2.24, 2.45) is 0 Å². The molecule has 22 heavy (non-hydrogen) atoms. The number of thiocarbonyl (C=S) groups is 1. The second-order valence-electron chi connectivity index (χ2n) is 4.81. The van der Waals surface area contributed by atoms with Crippen LogP contribution in [0.2, 0.25) is 0 Å².